The van der Waals surface area contributed by atoms with Crippen molar-refractivity contribution in [3.05, 3.63) is 28.6 Å². The molecule has 2 aromatic heterocycles. The highest BCUT2D eigenvalue weighted by Crippen LogP contribution is 2.30. The monoisotopic (exact) mass is 308 g/mol. The fourth-order valence-electron chi connectivity index (χ4n) is 2.40. The summed E-state index contributed by atoms with van der Waals surface area (Å²) in [5.41, 5.74) is 0.515. The van der Waals surface area contributed by atoms with E-state index in [0.717, 1.165) is 22.7 Å². The van der Waals surface area contributed by atoms with E-state index in [0.29, 0.717) is 18.2 Å². The number of carbonyl (C=O) groups is 1. The summed E-state index contributed by atoms with van der Waals surface area (Å²) in [6.45, 7) is 0.696. The van der Waals surface area contributed by atoms with Gasteiger partial charge < -0.3 is 10.0 Å². The molecule has 1 aliphatic rings. The Balaban J connectivity index is 1.65. The molecule has 20 heavy (non-hydrogen) atoms. The third-order valence-corrected chi connectivity index (χ3v) is 5.43. The van der Waals surface area contributed by atoms with Crippen LogP contribution in [0.4, 0.5) is 0 Å². The number of hydrogen-bond acceptors (Lipinski definition) is 5. The molecular weight excluding hydrogens is 292 g/mol. The third kappa shape index (κ3) is 2.77. The molecule has 1 fully saturated rings. The highest BCUT2D eigenvalue weighted by Gasteiger charge is 2.29. The summed E-state index contributed by atoms with van der Waals surface area (Å²) in [6, 6.07) is 3.99. The number of aliphatic hydroxyl groups excluding tert-OH is 1. The SMILES string of the molecule is CN(CC1CC(O)C1)C(=O)c1csc(-c2cccs2)n1. The smallest absolute Gasteiger partial charge is 0.273 e. The fraction of sp³-hybridized carbons (Fsp3) is 0.429. The molecule has 106 valence electrons. The van der Waals surface area contributed by atoms with Crippen LogP contribution in [0.15, 0.2) is 22.9 Å². The summed E-state index contributed by atoms with van der Waals surface area (Å²) in [7, 11) is 1.80. The lowest BCUT2D eigenvalue weighted by Gasteiger charge is -2.34. The number of thiazole rings is 1. The maximum absolute atomic E-state index is 12.3. The van der Waals surface area contributed by atoms with Gasteiger partial charge in [0.25, 0.3) is 5.91 Å². The molecule has 0 aliphatic heterocycles. The molecule has 3 rings (SSSR count). The van der Waals surface area contributed by atoms with Crippen LogP contribution in [0.2, 0.25) is 0 Å². The first-order valence-electron chi connectivity index (χ1n) is 6.56. The second-order valence-corrected chi connectivity index (χ2v) is 7.00. The number of thiophene rings is 1. The van der Waals surface area contributed by atoms with Gasteiger partial charge in [0.15, 0.2) is 0 Å². The van der Waals surface area contributed by atoms with Gasteiger partial charge in [0.1, 0.15) is 10.7 Å². The molecule has 6 heteroatoms. The Labute approximate surface area is 125 Å². The lowest BCUT2D eigenvalue weighted by molar-refractivity contribution is 0.0264. The Bertz CT molecular complexity index is 588. The Hall–Kier alpha value is -1.24. The van der Waals surface area contributed by atoms with Crippen molar-refractivity contribution in [1.82, 2.24) is 9.88 Å². The molecule has 0 spiro atoms. The maximum atomic E-state index is 12.3. The predicted molar refractivity (Wildman–Crippen MR) is 81.1 cm³/mol. The van der Waals surface area contributed by atoms with Gasteiger partial charge >= 0.3 is 0 Å². The first-order chi connectivity index (χ1) is 9.63. The van der Waals surface area contributed by atoms with Gasteiger partial charge in [-0.3, -0.25) is 4.79 Å². The Morgan fingerprint density at radius 3 is 2.95 bits per heavy atom. The normalized spacial score (nSPS) is 21.5. The van der Waals surface area contributed by atoms with Crippen molar-refractivity contribution >= 4 is 28.6 Å². The molecule has 0 unspecified atom stereocenters. The van der Waals surface area contributed by atoms with E-state index in [2.05, 4.69) is 4.98 Å². The highest BCUT2D eigenvalue weighted by molar-refractivity contribution is 7.20. The van der Waals surface area contributed by atoms with Crippen LogP contribution >= 0.6 is 22.7 Å². The van der Waals surface area contributed by atoms with Gasteiger partial charge in [0, 0.05) is 19.0 Å². The van der Waals surface area contributed by atoms with E-state index >= 15 is 0 Å². The summed E-state index contributed by atoms with van der Waals surface area (Å²) in [4.78, 5) is 19.5. The molecule has 0 radical (unpaired) electrons. The fourth-order valence-corrected chi connectivity index (χ4v) is 4.01. The second kappa shape index (κ2) is 5.63. The van der Waals surface area contributed by atoms with E-state index in [4.69, 9.17) is 0 Å². The molecule has 0 aromatic carbocycles. The standard InChI is InChI=1S/C14H16N2O2S2/c1-16(7-9-5-10(17)6-9)14(18)11-8-20-13(15-11)12-3-2-4-19-12/h2-4,8-10,17H,5-7H2,1H3. The average Bonchev–Trinajstić information content (AvgIpc) is 3.06. The molecule has 0 atom stereocenters. The molecule has 4 nitrogen and oxygen atoms in total. The number of aliphatic hydroxyl groups is 1. The Morgan fingerprint density at radius 1 is 1.50 bits per heavy atom. The van der Waals surface area contributed by atoms with Crippen LogP contribution < -0.4 is 0 Å². The van der Waals surface area contributed by atoms with E-state index in [1.54, 1.807) is 23.3 Å². The van der Waals surface area contributed by atoms with Crippen molar-refractivity contribution < 1.29 is 9.90 Å². The topological polar surface area (TPSA) is 53.4 Å². The van der Waals surface area contributed by atoms with Crippen LogP contribution in [-0.2, 0) is 0 Å². The molecular formula is C14H16N2O2S2. The van der Waals surface area contributed by atoms with Gasteiger partial charge in [-0.05, 0) is 30.2 Å². The van der Waals surface area contributed by atoms with Crippen molar-refractivity contribution in [2.45, 2.75) is 18.9 Å². The summed E-state index contributed by atoms with van der Waals surface area (Å²) in [5.74, 6) is 0.389. The molecule has 2 aromatic rings. The second-order valence-electron chi connectivity index (χ2n) is 5.19. The van der Waals surface area contributed by atoms with E-state index in [1.165, 1.54) is 11.3 Å². The van der Waals surface area contributed by atoms with Crippen molar-refractivity contribution in [3.63, 3.8) is 0 Å². The first-order valence-corrected chi connectivity index (χ1v) is 8.32. The van der Waals surface area contributed by atoms with Gasteiger partial charge in [0.2, 0.25) is 0 Å². The molecule has 2 heterocycles. The number of amides is 1. The lowest BCUT2D eigenvalue weighted by Crippen LogP contribution is -2.39. The first kappa shape index (κ1) is 13.7. The van der Waals surface area contributed by atoms with Crippen molar-refractivity contribution in [2.24, 2.45) is 5.92 Å². The minimum atomic E-state index is -0.173. The largest absolute Gasteiger partial charge is 0.393 e. The van der Waals surface area contributed by atoms with Gasteiger partial charge in [-0.25, -0.2) is 4.98 Å². The number of aromatic nitrogens is 1. The van der Waals surface area contributed by atoms with Crippen molar-refractivity contribution in [1.29, 1.82) is 0 Å². The molecule has 0 saturated heterocycles. The van der Waals surface area contributed by atoms with Crippen LogP contribution in [0.25, 0.3) is 9.88 Å². The number of rotatable bonds is 4. The van der Waals surface area contributed by atoms with E-state index in [1.807, 2.05) is 22.9 Å². The Kier molecular flexibility index (Phi) is 3.87. The zero-order valence-electron chi connectivity index (χ0n) is 11.2. The number of nitrogens with zero attached hydrogens (tertiary/aromatic N) is 2. The lowest BCUT2D eigenvalue weighted by atomic mass is 9.82. The molecule has 1 amide bonds. The van der Waals surface area contributed by atoms with E-state index in [9.17, 15) is 9.90 Å². The van der Waals surface area contributed by atoms with Gasteiger partial charge in [0.05, 0.1) is 11.0 Å². The van der Waals surface area contributed by atoms with Crippen molar-refractivity contribution in [3.8, 4) is 9.88 Å². The van der Waals surface area contributed by atoms with Gasteiger partial charge in [-0.2, -0.15) is 0 Å². The third-order valence-electron chi connectivity index (χ3n) is 3.54. The van der Waals surface area contributed by atoms with Crippen LogP contribution in [0.5, 0.6) is 0 Å². The summed E-state index contributed by atoms with van der Waals surface area (Å²) in [6.07, 6.45) is 1.43. The average molecular weight is 308 g/mol. The van der Waals surface area contributed by atoms with Crippen LogP contribution in [0.3, 0.4) is 0 Å². The van der Waals surface area contributed by atoms with Gasteiger partial charge in [-0.15, -0.1) is 22.7 Å². The van der Waals surface area contributed by atoms with Crippen LogP contribution in [0.1, 0.15) is 23.3 Å². The summed E-state index contributed by atoms with van der Waals surface area (Å²) >= 11 is 3.13. The highest BCUT2D eigenvalue weighted by atomic mass is 32.1. The van der Waals surface area contributed by atoms with Crippen LogP contribution in [0, 0.1) is 5.92 Å². The predicted octanol–water partition coefficient (Wildman–Crippen LogP) is 2.71. The number of carbonyl (C=O) groups excluding carboxylic acids is 1. The summed E-state index contributed by atoms with van der Waals surface area (Å²) in [5, 5.41) is 14.0. The zero-order valence-corrected chi connectivity index (χ0v) is 12.8. The number of hydrogen-bond donors (Lipinski definition) is 1. The van der Waals surface area contributed by atoms with Crippen molar-refractivity contribution in [2.75, 3.05) is 13.6 Å². The maximum Gasteiger partial charge on any atom is 0.273 e. The molecule has 1 N–H and O–H groups in total. The molecule has 1 aliphatic carbocycles. The van der Waals surface area contributed by atoms with Gasteiger partial charge in [-0.1, -0.05) is 6.07 Å². The van der Waals surface area contributed by atoms with Crippen LogP contribution in [-0.4, -0.2) is 40.6 Å². The zero-order chi connectivity index (χ0) is 14.1. The quantitative estimate of drug-likeness (QED) is 0.945. The minimum absolute atomic E-state index is 0.0366. The summed E-state index contributed by atoms with van der Waals surface area (Å²) < 4.78 is 0. The van der Waals surface area contributed by atoms with E-state index in [-0.39, 0.29) is 12.0 Å². The van der Waals surface area contributed by atoms with E-state index < -0.39 is 0 Å². The minimum Gasteiger partial charge on any atom is -0.393 e. The Morgan fingerprint density at radius 2 is 2.30 bits per heavy atom. The molecule has 1 saturated carbocycles. The molecule has 0 bridgehead atoms.